The van der Waals surface area contributed by atoms with Gasteiger partial charge < -0.3 is 25.5 Å². The molecule has 0 spiro atoms. The Kier molecular flexibility index (Phi) is 6.85. The molecule has 21 heavy (non-hydrogen) atoms. The van der Waals surface area contributed by atoms with Gasteiger partial charge in [-0.15, -0.1) is 0 Å². The number of aromatic nitrogens is 1. The summed E-state index contributed by atoms with van der Waals surface area (Å²) in [5.41, 5.74) is 2.40. The molecule has 6 N–H and O–H groups in total. The highest BCUT2D eigenvalue weighted by molar-refractivity contribution is 5.94. The van der Waals surface area contributed by atoms with Gasteiger partial charge in [-0.2, -0.15) is 5.10 Å². The lowest BCUT2D eigenvalue weighted by molar-refractivity contribution is -0.0999. The molecule has 9 heteroatoms. The Hall–Kier alpha value is -1.91. The van der Waals surface area contributed by atoms with Gasteiger partial charge in [-0.1, -0.05) is 0 Å². The number of amides is 1. The molecule has 9 nitrogen and oxygen atoms in total. The minimum atomic E-state index is -1.77. The lowest BCUT2D eigenvalue weighted by Gasteiger charge is -2.23. The Morgan fingerprint density at radius 2 is 1.86 bits per heavy atom. The van der Waals surface area contributed by atoms with Crippen molar-refractivity contribution in [3.8, 4) is 0 Å². The predicted molar refractivity (Wildman–Crippen MR) is 71.3 cm³/mol. The molecule has 1 rings (SSSR count). The standard InChI is InChI=1S/C12H17N3O6/c16-6-9(18)11(20)10(19)8(17)5-14-15-12(21)7-1-3-13-4-2-7/h1-5,8-11,16-20H,6H2,(H,15,21)/b14-5-/t8-,9-,10-,11-/m0/s1. The summed E-state index contributed by atoms with van der Waals surface area (Å²) in [7, 11) is 0. The molecule has 0 saturated heterocycles. The van der Waals surface area contributed by atoms with Gasteiger partial charge >= 0.3 is 0 Å². The van der Waals surface area contributed by atoms with Crippen LogP contribution in [0.5, 0.6) is 0 Å². The van der Waals surface area contributed by atoms with Crippen LogP contribution >= 0.6 is 0 Å². The van der Waals surface area contributed by atoms with Crippen LogP contribution in [0.3, 0.4) is 0 Å². The van der Waals surface area contributed by atoms with Crippen molar-refractivity contribution < 1.29 is 30.3 Å². The molecule has 0 aromatic carbocycles. The molecule has 0 saturated carbocycles. The van der Waals surface area contributed by atoms with Crippen LogP contribution in [-0.2, 0) is 0 Å². The summed E-state index contributed by atoms with van der Waals surface area (Å²) >= 11 is 0. The third-order valence-electron chi connectivity index (χ3n) is 2.62. The summed E-state index contributed by atoms with van der Waals surface area (Å²) in [4.78, 5) is 15.3. The first-order chi connectivity index (χ1) is 9.97. The zero-order valence-corrected chi connectivity index (χ0v) is 10.9. The molecule has 0 aliphatic heterocycles. The summed E-state index contributed by atoms with van der Waals surface area (Å²) in [5.74, 6) is -0.550. The largest absolute Gasteiger partial charge is 0.394 e. The number of hydrogen-bond acceptors (Lipinski definition) is 8. The van der Waals surface area contributed by atoms with Crippen molar-refractivity contribution in [2.24, 2.45) is 5.10 Å². The van der Waals surface area contributed by atoms with Crippen molar-refractivity contribution >= 4 is 12.1 Å². The number of nitrogens with zero attached hydrogens (tertiary/aromatic N) is 2. The van der Waals surface area contributed by atoms with Crippen molar-refractivity contribution in [2.45, 2.75) is 24.4 Å². The second-order valence-electron chi connectivity index (χ2n) is 4.18. The van der Waals surface area contributed by atoms with Crippen LogP contribution in [0.2, 0.25) is 0 Å². The lowest BCUT2D eigenvalue weighted by Crippen LogP contribution is -2.46. The normalized spacial score (nSPS) is 17.2. The molecule has 0 radical (unpaired) electrons. The summed E-state index contributed by atoms with van der Waals surface area (Å²) in [5, 5.41) is 49.5. The Morgan fingerprint density at radius 3 is 2.43 bits per heavy atom. The monoisotopic (exact) mass is 299 g/mol. The van der Waals surface area contributed by atoms with E-state index in [1.165, 1.54) is 24.5 Å². The van der Waals surface area contributed by atoms with Gasteiger partial charge in [0.1, 0.15) is 24.4 Å². The quantitative estimate of drug-likeness (QED) is 0.235. The van der Waals surface area contributed by atoms with Crippen molar-refractivity contribution in [3.63, 3.8) is 0 Å². The number of nitrogens with one attached hydrogen (secondary N) is 1. The van der Waals surface area contributed by atoms with Gasteiger partial charge in [0.2, 0.25) is 0 Å². The van der Waals surface area contributed by atoms with Gasteiger partial charge in [-0.25, -0.2) is 5.43 Å². The van der Waals surface area contributed by atoms with Crippen LogP contribution in [-0.4, -0.2) is 73.7 Å². The molecule has 4 atom stereocenters. The van der Waals surface area contributed by atoms with Crippen molar-refractivity contribution in [3.05, 3.63) is 30.1 Å². The van der Waals surface area contributed by atoms with Crippen molar-refractivity contribution in [2.75, 3.05) is 6.61 Å². The van der Waals surface area contributed by atoms with E-state index in [1.54, 1.807) is 0 Å². The van der Waals surface area contributed by atoms with E-state index >= 15 is 0 Å². The molecule has 0 fully saturated rings. The number of pyridine rings is 1. The molecule has 0 aliphatic carbocycles. The van der Waals surface area contributed by atoms with Crippen LogP contribution in [0, 0.1) is 0 Å². The highest BCUT2D eigenvalue weighted by atomic mass is 16.4. The summed E-state index contributed by atoms with van der Waals surface area (Å²) < 4.78 is 0. The van der Waals surface area contributed by atoms with Crippen LogP contribution in [0.15, 0.2) is 29.6 Å². The zero-order chi connectivity index (χ0) is 15.8. The molecular formula is C12H17N3O6. The number of carbonyl (C=O) groups is 1. The second-order valence-corrected chi connectivity index (χ2v) is 4.18. The zero-order valence-electron chi connectivity index (χ0n) is 10.9. The van der Waals surface area contributed by atoms with E-state index in [9.17, 15) is 20.1 Å². The van der Waals surface area contributed by atoms with Crippen LogP contribution in [0.25, 0.3) is 0 Å². The van der Waals surface area contributed by atoms with E-state index in [1.807, 2.05) is 0 Å². The van der Waals surface area contributed by atoms with Gasteiger partial charge in [0, 0.05) is 18.0 Å². The Bertz CT molecular complexity index is 469. The topological polar surface area (TPSA) is 156 Å². The average molecular weight is 299 g/mol. The van der Waals surface area contributed by atoms with E-state index in [0.29, 0.717) is 5.56 Å². The first kappa shape index (κ1) is 17.1. The van der Waals surface area contributed by atoms with E-state index < -0.39 is 36.9 Å². The molecule has 1 aromatic rings. The lowest BCUT2D eigenvalue weighted by atomic mass is 10.0. The molecule has 0 bridgehead atoms. The molecule has 0 unspecified atom stereocenters. The maximum absolute atomic E-state index is 11.6. The van der Waals surface area contributed by atoms with Gasteiger partial charge in [-0.3, -0.25) is 9.78 Å². The SMILES string of the molecule is O=C(N/N=C\[C@H](O)[C@H](O)[C@@H](O)[C@@H](O)CO)c1ccncc1. The third-order valence-corrected chi connectivity index (χ3v) is 2.62. The fourth-order valence-electron chi connectivity index (χ4n) is 1.37. The van der Waals surface area contributed by atoms with E-state index in [4.69, 9.17) is 10.2 Å². The van der Waals surface area contributed by atoms with E-state index in [-0.39, 0.29) is 0 Å². The molecule has 116 valence electrons. The van der Waals surface area contributed by atoms with Crippen LogP contribution in [0.4, 0.5) is 0 Å². The smallest absolute Gasteiger partial charge is 0.271 e. The number of hydrazone groups is 1. The summed E-state index contributed by atoms with van der Waals surface area (Å²) in [6.45, 7) is -0.777. The molecular weight excluding hydrogens is 282 g/mol. The minimum absolute atomic E-state index is 0.299. The minimum Gasteiger partial charge on any atom is -0.394 e. The molecule has 1 heterocycles. The van der Waals surface area contributed by atoms with Crippen molar-refractivity contribution in [1.82, 2.24) is 10.4 Å². The molecule has 1 aromatic heterocycles. The summed E-state index contributed by atoms with van der Waals surface area (Å²) in [6, 6.07) is 2.91. The van der Waals surface area contributed by atoms with Crippen LogP contribution < -0.4 is 5.43 Å². The maximum atomic E-state index is 11.6. The predicted octanol–water partition coefficient (Wildman–Crippen LogP) is -2.77. The number of carbonyl (C=O) groups excluding carboxylic acids is 1. The highest BCUT2D eigenvalue weighted by Crippen LogP contribution is 2.03. The van der Waals surface area contributed by atoms with Crippen LogP contribution in [0.1, 0.15) is 10.4 Å². The maximum Gasteiger partial charge on any atom is 0.271 e. The van der Waals surface area contributed by atoms with Gasteiger partial charge in [0.15, 0.2) is 0 Å². The Labute approximate surface area is 120 Å². The molecule has 1 amide bonds. The number of hydrogen-bond donors (Lipinski definition) is 6. The van der Waals surface area contributed by atoms with E-state index in [2.05, 4.69) is 15.5 Å². The number of aliphatic hydroxyl groups is 5. The molecule has 0 aliphatic rings. The summed E-state index contributed by atoms with van der Waals surface area (Å²) in [6.07, 6.45) is -3.14. The average Bonchev–Trinajstić information content (AvgIpc) is 2.53. The van der Waals surface area contributed by atoms with Gasteiger partial charge in [0.05, 0.1) is 12.8 Å². The van der Waals surface area contributed by atoms with Gasteiger partial charge in [0.25, 0.3) is 5.91 Å². The van der Waals surface area contributed by atoms with E-state index in [0.717, 1.165) is 6.21 Å². The van der Waals surface area contributed by atoms with Crippen molar-refractivity contribution in [1.29, 1.82) is 0 Å². The first-order valence-electron chi connectivity index (χ1n) is 6.04. The Balaban J connectivity index is 2.51. The number of rotatable bonds is 7. The first-order valence-corrected chi connectivity index (χ1v) is 6.04. The van der Waals surface area contributed by atoms with Gasteiger partial charge in [-0.05, 0) is 12.1 Å². The highest BCUT2D eigenvalue weighted by Gasteiger charge is 2.29. The Morgan fingerprint density at radius 1 is 1.24 bits per heavy atom. The number of aliphatic hydroxyl groups excluding tert-OH is 5. The fraction of sp³-hybridized carbons (Fsp3) is 0.417. The second kappa shape index (κ2) is 8.39. The third kappa shape index (κ3) is 5.17. The fourth-order valence-corrected chi connectivity index (χ4v) is 1.37.